The van der Waals surface area contributed by atoms with Crippen molar-refractivity contribution in [3.8, 4) is 0 Å². The first-order chi connectivity index (χ1) is 16.8. The van der Waals surface area contributed by atoms with Gasteiger partial charge < -0.3 is 16.0 Å². The number of carbonyl (C=O) groups excluding carboxylic acids is 1. The zero-order valence-corrected chi connectivity index (χ0v) is 22.6. The molecule has 2 aliphatic rings. The molecule has 3 rings (SSSR count). The summed E-state index contributed by atoms with van der Waals surface area (Å²) in [6.45, 7) is 15.4. The first-order valence-electron chi connectivity index (χ1n) is 13.5. The number of anilines is 1. The highest BCUT2D eigenvalue weighted by Crippen LogP contribution is 2.40. The van der Waals surface area contributed by atoms with Crippen molar-refractivity contribution in [3.63, 3.8) is 0 Å². The second-order valence-electron chi connectivity index (χ2n) is 10.5. The second kappa shape index (κ2) is 13.4. The Kier molecular flexibility index (Phi) is 10.5. The average molecular weight is 501 g/mol. The van der Waals surface area contributed by atoms with Crippen LogP contribution in [0.1, 0.15) is 78.1 Å². The minimum Gasteiger partial charge on any atom is -0.381 e. The highest BCUT2D eigenvalue weighted by Gasteiger charge is 2.42. The summed E-state index contributed by atoms with van der Waals surface area (Å²) in [7, 11) is 0. The smallest absolute Gasteiger partial charge is 0.222 e. The zero-order valence-electron chi connectivity index (χ0n) is 21.8. The summed E-state index contributed by atoms with van der Waals surface area (Å²) in [6.07, 6.45) is 11.8. The molecule has 3 N–H and O–H groups in total. The lowest BCUT2D eigenvalue weighted by Crippen LogP contribution is -2.59. The largest absolute Gasteiger partial charge is 0.381 e. The first-order valence-corrected chi connectivity index (χ1v) is 13.9. The van der Waals surface area contributed by atoms with E-state index in [9.17, 15) is 4.79 Å². The normalized spacial score (nSPS) is 20.7. The van der Waals surface area contributed by atoms with E-state index in [1.807, 2.05) is 31.2 Å². The van der Waals surface area contributed by atoms with Gasteiger partial charge in [0.25, 0.3) is 0 Å². The van der Waals surface area contributed by atoms with Gasteiger partial charge in [-0.1, -0.05) is 70.7 Å². The van der Waals surface area contributed by atoms with Gasteiger partial charge in [0.1, 0.15) is 0 Å². The maximum absolute atomic E-state index is 12.5. The van der Waals surface area contributed by atoms with Crippen LogP contribution >= 0.6 is 11.6 Å². The van der Waals surface area contributed by atoms with E-state index in [4.69, 9.17) is 11.6 Å². The number of carbonyl (C=O) groups is 1. The van der Waals surface area contributed by atoms with Gasteiger partial charge in [-0.15, -0.1) is 0 Å². The molecule has 0 bridgehead atoms. The van der Waals surface area contributed by atoms with E-state index in [1.165, 1.54) is 32.1 Å². The first kappa shape index (κ1) is 27.6. The quantitative estimate of drug-likeness (QED) is 0.287. The molecule has 2 atom stereocenters. The second-order valence-corrected chi connectivity index (χ2v) is 11.0. The number of hydrogen-bond acceptors (Lipinski definition) is 4. The maximum Gasteiger partial charge on any atom is 0.222 e. The third kappa shape index (κ3) is 8.01. The minimum atomic E-state index is 0.106. The molecule has 35 heavy (non-hydrogen) atoms. The van der Waals surface area contributed by atoms with Crippen LogP contribution in [-0.4, -0.2) is 42.0 Å². The number of amides is 1. The Balaban J connectivity index is 1.52. The van der Waals surface area contributed by atoms with E-state index in [1.54, 1.807) is 0 Å². The van der Waals surface area contributed by atoms with Gasteiger partial charge in [0, 0.05) is 47.8 Å². The van der Waals surface area contributed by atoms with E-state index in [-0.39, 0.29) is 17.4 Å². The topological polar surface area (TPSA) is 56.4 Å². The molecule has 1 saturated heterocycles. The number of benzene rings is 1. The van der Waals surface area contributed by atoms with Crippen molar-refractivity contribution >= 4 is 23.2 Å². The van der Waals surface area contributed by atoms with Crippen molar-refractivity contribution in [1.82, 2.24) is 15.5 Å². The van der Waals surface area contributed by atoms with E-state index in [0.717, 1.165) is 68.8 Å². The molecule has 1 spiro atoms. The molecule has 1 aliphatic heterocycles. The Labute approximate surface area is 217 Å². The molecule has 1 aromatic carbocycles. The molecule has 194 valence electrons. The Hall–Kier alpha value is -1.98. The van der Waals surface area contributed by atoms with Gasteiger partial charge in [-0.3, -0.25) is 9.69 Å². The van der Waals surface area contributed by atoms with Crippen LogP contribution in [0.4, 0.5) is 5.69 Å². The highest BCUT2D eigenvalue weighted by atomic mass is 35.5. The van der Waals surface area contributed by atoms with Crippen LogP contribution in [0.3, 0.4) is 0 Å². The summed E-state index contributed by atoms with van der Waals surface area (Å²) in [6, 6.07) is 8.00. The van der Waals surface area contributed by atoms with E-state index in [0.29, 0.717) is 11.1 Å². The Morgan fingerprint density at radius 2 is 1.89 bits per heavy atom. The number of likely N-dealkylation sites (tertiary alicyclic amines) is 1. The molecule has 1 amide bonds. The van der Waals surface area contributed by atoms with Crippen LogP contribution in [0.5, 0.6) is 0 Å². The standard InChI is InChI=1S/C29H45ClN4O/c1-5-6-10-22(2)28(35)31-18-20-34-19-15-27(21-29(34)16-8-7-9-17-29)33-24(4)23(3)32-26-13-11-25(30)12-14-26/h11-14,22,27,32-33H,3-10,15-21H2,1-2H3,(H,31,35)/t22-,27?/m0/s1. The zero-order chi connectivity index (χ0) is 25.3. The minimum absolute atomic E-state index is 0.106. The predicted molar refractivity (Wildman–Crippen MR) is 149 cm³/mol. The van der Waals surface area contributed by atoms with Crippen LogP contribution in [0.25, 0.3) is 0 Å². The summed E-state index contributed by atoms with van der Waals surface area (Å²) in [4.78, 5) is 15.1. The van der Waals surface area contributed by atoms with Crippen LogP contribution in [-0.2, 0) is 4.79 Å². The number of nitrogens with one attached hydrogen (secondary N) is 3. The third-order valence-electron chi connectivity index (χ3n) is 7.83. The van der Waals surface area contributed by atoms with Crippen molar-refractivity contribution < 1.29 is 4.79 Å². The van der Waals surface area contributed by atoms with Crippen molar-refractivity contribution in [3.05, 3.63) is 53.8 Å². The monoisotopic (exact) mass is 500 g/mol. The fourth-order valence-corrected chi connectivity index (χ4v) is 5.81. The van der Waals surface area contributed by atoms with Gasteiger partial charge in [-0.05, 0) is 56.4 Å². The molecule has 1 unspecified atom stereocenters. The van der Waals surface area contributed by atoms with Gasteiger partial charge in [-0.2, -0.15) is 0 Å². The van der Waals surface area contributed by atoms with Crippen molar-refractivity contribution in [2.45, 2.75) is 89.6 Å². The summed E-state index contributed by atoms with van der Waals surface area (Å²) in [5.41, 5.74) is 2.80. The van der Waals surface area contributed by atoms with E-state index in [2.05, 4.69) is 40.9 Å². The Morgan fingerprint density at radius 3 is 2.57 bits per heavy atom. The number of nitrogens with zero attached hydrogens (tertiary/aromatic N) is 1. The van der Waals surface area contributed by atoms with Gasteiger partial charge >= 0.3 is 0 Å². The highest BCUT2D eigenvalue weighted by molar-refractivity contribution is 6.30. The summed E-state index contributed by atoms with van der Waals surface area (Å²) in [5, 5.41) is 10.9. The molecule has 1 saturated carbocycles. The van der Waals surface area contributed by atoms with Crippen molar-refractivity contribution in [2.75, 3.05) is 25.0 Å². The molecule has 0 radical (unpaired) electrons. The summed E-state index contributed by atoms with van der Waals surface area (Å²) >= 11 is 6.00. The molecule has 6 heteroatoms. The maximum atomic E-state index is 12.5. The number of hydrogen-bond donors (Lipinski definition) is 3. The molecular formula is C29H45ClN4O. The Morgan fingerprint density at radius 1 is 1.17 bits per heavy atom. The van der Waals surface area contributed by atoms with Gasteiger partial charge in [0.05, 0.1) is 11.4 Å². The summed E-state index contributed by atoms with van der Waals surface area (Å²) in [5.74, 6) is 0.310. The van der Waals surface area contributed by atoms with Crippen molar-refractivity contribution in [1.29, 1.82) is 0 Å². The number of rotatable bonds is 12. The summed E-state index contributed by atoms with van der Waals surface area (Å²) < 4.78 is 0. The van der Waals surface area contributed by atoms with E-state index >= 15 is 0 Å². The van der Waals surface area contributed by atoms with Gasteiger partial charge in [-0.25, -0.2) is 0 Å². The average Bonchev–Trinajstić information content (AvgIpc) is 2.85. The molecule has 1 heterocycles. The van der Waals surface area contributed by atoms with Crippen molar-refractivity contribution in [2.24, 2.45) is 5.92 Å². The lowest BCUT2D eigenvalue weighted by molar-refractivity contribution is -0.124. The van der Waals surface area contributed by atoms with Gasteiger partial charge in [0.15, 0.2) is 0 Å². The predicted octanol–water partition coefficient (Wildman–Crippen LogP) is 6.48. The van der Waals surface area contributed by atoms with Crippen LogP contribution in [0.15, 0.2) is 48.8 Å². The molecule has 5 nitrogen and oxygen atoms in total. The molecule has 1 aromatic rings. The molecule has 0 aromatic heterocycles. The number of unbranched alkanes of at least 4 members (excludes halogenated alkanes) is 1. The fourth-order valence-electron chi connectivity index (χ4n) is 5.69. The van der Waals surface area contributed by atoms with Gasteiger partial charge in [0.2, 0.25) is 5.91 Å². The lowest BCUT2D eigenvalue weighted by atomic mass is 9.73. The lowest BCUT2D eigenvalue weighted by Gasteiger charge is -2.52. The Bertz CT molecular complexity index is 847. The fraction of sp³-hybridized carbons (Fsp3) is 0.621. The van der Waals surface area contributed by atoms with E-state index < -0.39 is 0 Å². The SMILES string of the molecule is C=C(Nc1ccc(Cl)cc1)C(=C)NC1CCN(CCNC(=O)[C@@H](C)CCCC)C2(CCCCC2)C1. The molecule has 1 aliphatic carbocycles. The van der Waals surface area contributed by atoms with Crippen LogP contribution in [0.2, 0.25) is 5.02 Å². The number of piperidine rings is 1. The molecular weight excluding hydrogens is 456 g/mol. The third-order valence-corrected chi connectivity index (χ3v) is 8.08. The van der Waals surface area contributed by atoms with Crippen LogP contribution < -0.4 is 16.0 Å². The molecule has 2 fully saturated rings. The van der Waals surface area contributed by atoms with Crippen LogP contribution in [0, 0.1) is 5.92 Å². The number of halogens is 1.